The first-order valence-electron chi connectivity index (χ1n) is 9.20. The Morgan fingerprint density at radius 3 is 2.46 bits per heavy atom. The van der Waals surface area contributed by atoms with Gasteiger partial charge in [0.05, 0.1) is 12.1 Å². The van der Waals surface area contributed by atoms with Gasteiger partial charge in [0.2, 0.25) is 5.91 Å². The first-order valence-corrected chi connectivity index (χ1v) is 9.20. The van der Waals surface area contributed by atoms with Crippen molar-refractivity contribution in [3.63, 3.8) is 0 Å². The van der Waals surface area contributed by atoms with Crippen molar-refractivity contribution in [3.8, 4) is 11.8 Å². The summed E-state index contributed by atoms with van der Waals surface area (Å²) in [6.07, 6.45) is 2.23. The first kappa shape index (κ1) is 19.3. The third-order valence-electron chi connectivity index (χ3n) is 4.39. The van der Waals surface area contributed by atoms with Gasteiger partial charge in [-0.1, -0.05) is 11.8 Å². The predicted octanol–water partition coefficient (Wildman–Crippen LogP) is 3.12. The minimum atomic E-state index is -0.171. The minimum absolute atomic E-state index is 0.0267. The number of nitrogens with zero attached hydrogens (tertiary/aromatic N) is 2. The molecule has 2 rings (SSSR count). The first-order chi connectivity index (χ1) is 11.0. The Morgan fingerprint density at radius 1 is 1.21 bits per heavy atom. The molecule has 0 aromatic rings. The van der Waals surface area contributed by atoms with Crippen molar-refractivity contribution < 1.29 is 9.53 Å². The fourth-order valence-electron chi connectivity index (χ4n) is 3.04. The minimum Gasteiger partial charge on any atom is -0.356 e. The van der Waals surface area contributed by atoms with E-state index in [1.807, 2.05) is 4.90 Å². The third-order valence-corrected chi connectivity index (χ3v) is 4.39. The molecule has 0 aliphatic carbocycles. The molecule has 0 saturated carbocycles. The van der Waals surface area contributed by atoms with Crippen molar-refractivity contribution in [2.75, 3.05) is 19.6 Å². The topological polar surface area (TPSA) is 32.6 Å². The summed E-state index contributed by atoms with van der Waals surface area (Å²) in [6.45, 7) is 16.8. The van der Waals surface area contributed by atoms with Crippen LogP contribution in [0.25, 0.3) is 0 Å². The summed E-state index contributed by atoms with van der Waals surface area (Å²) < 4.78 is 5.99. The quantitative estimate of drug-likeness (QED) is 0.587. The van der Waals surface area contributed by atoms with Crippen LogP contribution in [0.4, 0.5) is 0 Å². The Morgan fingerprint density at radius 2 is 1.88 bits per heavy atom. The van der Waals surface area contributed by atoms with E-state index in [0.717, 1.165) is 25.9 Å². The summed E-state index contributed by atoms with van der Waals surface area (Å²) in [5.41, 5.74) is -0.144. The zero-order chi connectivity index (χ0) is 18.1. The molecule has 0 bridgehead atoms. The Labute approximate surface area is 147 Å². The summed E-state index contributed by atoms with van der Waals surface area (Å²) in [6, 6.07) is 0.328. The molecule has 24 heavy (non-hydrogen) atoms. The van der Waals surface area contributed by atoms with Gasteiger partial charge in [0, 0.05) is 30.5 Å². The lowest BCUT2D eigenvalue weighted by molar-refractivity contribution is -0.133. The number of carbonyl (C=O) groups is 1. The van der Waals surface area contributed by atoms with E-state index in [1.165, 1.54) is 0 Å². The smallest absolute Gasteiger partial charge is 0.236 e. The molecule has 0 N–H and O–H groups in total. The molecular formula is C20H34N2O2. The van der Waals surface area contributed by atoms with Gasteiger partial charge in [0.15, 0.2) is 0 Å². The molecule has 2 aliphatic rings. The average Bonchev–Trinajstić information content (AvgIpc) is 3.02. The maximum Gasteiger partial charge on any atom is 0.236 e. The van der Waals surface area contributed by atoms with Gasteiger partial charge in [-0.2, -0.15) is 0 Å². The zero-order valence-electron chi connectivity index (χ0n) is 16.5. The van der Waals surface area contributed by atoms with Crippen LogP contribution in [0, 0.1) is 23.2 Å². The third kappa shape index (κ3) is 5.79. The van der Waals surface area contributed by atoms with Crippen molar-refractivity contribution in [3.05, 3.63) is 0 Å². The Bertz CT molecular complexity index is 518. The molecule has 136 valence electrons. The summed E-state index contributed by atoms with van der Waals surface area (Å²) in [5.74, 6) is 7.23. The van der Waals surface area contributed by atoms with Gasteiger partial charge in [-0.3, -0.25) is 9.69 Å². The van der Waals surface area contributed by atoms with Crippen LogP contribution in [0.5, 0.6) is 0 Å². The largest absolute Gasteiger partial charge is 0.356 e. The average molecular weight is 335 g/mol. The summed E-state index contributed by atoms with van der Waals surface area (Å²) >= 11 is 0. The Kier molecular flexibility index (Phi) is 5.67. The van der Waals surface area contributed by atoms with E-state index in [2.05, 4.69) is 65.2 Å². The van der Waals surface area contributed by atoms with Crippen LogP contribution < -0.4 is 0 Å². The number of amides is 1. The second-order valence-corrected chi connectivity index (χ2v) is 9.23. The van der Waals surface area contributed by atoms with Crippen molar-refractivity contribution in [1.29, 1.82) is 0 Å². The molecule has 4 heteroatoms. The second-order valence-electron chi connectivity index (χ2n) is 9.23. The van der Waals surface area contributed by atoms with Crippen LogP contribution >= 0.6 is 0 Å². The molecule has 4 nitrogen and oxygen atoms in total. The van der Waals surface area contributed by atoms with Gasteiger partial charge in [0.25, 0.3) is 0 Å². The van der Waals surface area contributed by atoms with Crippen molar-refractivity contribution in [2.24, 2.45) is 11.3 Å². The molecule has 0 radical (unpaired) electrons. The van der Waals surface area contributed by atoms with Gasteiger partial charge in [-0.25, -0.2) is 0 Å². The Balaban J connectivity index is 1.85. The molecule has 0 aromatic heterocycles. The molecule has 4 unspecified atom stereocenters. The lowest BCUT2D eigenvalue weighted by Gasteiger charge is -2.31. The van der Waals surface area contributed by atoms with Gasteiger partial charge >= 0.3 is 0 Å². The van der Waals surface area contributed by atoms with Crippen molar-refractivity contribution in [1.82, 2.24) is 9.80 Å². The van der Waals surface area contributed by atoms with Crippen LogP contribution in [0.15, 0.2) is 0 Å². The molecule has 1 amide bonds. The second kappa shape index (κ2) is 7.06. The van der Waals surface area contributed by atoms with E-state index in [1.54, 1.807) is 0 Å². The standard InChI is InChI=1S/C20H34N2O2/c1-15-18(24-20(5,6)7)22(15)14-17(23)21-12-8-9-16(13-21)10-11-19(2,3)4/h15-16,18H,8-9,12-14H2,1-7H3. The van der Waals surface area contributed by atoms with E-state index in [9.17, 15) is 4.79 Å². The highest BCUT2D eigenvalue weighted by Crippen LogP contribution is 2.32. The molecule has 0 aromatic carbocycles. The van der Waals surface area contributed by atoms with Gasteiger partial charge < -0.3 is 9.64 Å². The molecule has 4 atom stereocenters. The van der Waals surface area contributed by atoms with E-state index in [-0.39, 0.29) is 23.2 Å². The van der Waals surface area contributed by atoms with E-state index >= 15 is 0 Å². The normalized spacial score (nSPS) is 30.5. The van der Waals surface area contributed by atoms with Crippen LogP contribution in [0.1, 0.15) is 61.3 Å². The van der Waals surface area contributed by atoms with Crippen LogP contribution in [-0.4, -0.2) is 53.2 Å². The highest BCUT2D eigenvalue weighted by molar-refractivity contribution is 5.78. The highest BCUT2D eigenvalue weighted by Gasteiger charge is 2.48. The summed E-state index contributed by atoms with van der Waals surface area (Å²) in [7, 11) is 0. The summed E-state index contributed by atoms with van der Waals surface area (Å²) in [4.78, 5) is 16.8. The van der Waals surface area contributed by atoms with Crippen LogP contribution in [0.2, 0.25) is 0 Å². The lowest BCUT2D eigenvalue weighted by atomic mass is 9.93. The molecule has 2 fully saturated rings. The number of hydrogen-bond donors (Lipinski definition) is 0. The van der Waals surface area contributed by atoms with Crippen molar-refractivity contribution in [2.45, 2.75) is 79.2 Å². The number of carbonyl (C=O) groups excluding carboxylic acids is 1. The number of likely N-dealkylation sites (tertiary alicyclic amines) is 1. The number of rotatable bonds is 3. The van der Waals surface area contributed by atoms with E-state index in [0.29, 0.717) is 18.5 Å². The van der Waals surface area contributed by atoms with Crippen molar-refractivity contribution >= 4 is 5.91 Å². The molecule has 2 aliphatic heterocycles. The fraction of sp³-hybridized carbons (Fsp3) is 0.850. The fourth-order valence-corrected chi connectivity index (χ4v) is 3.04. The zero-order valence-corrected chi connectivity index (χ0v) is 16.5. The lowest BCUT2D eigenvalue weighted by Crippen LogP contribution is -2.42. The maximum atomic E-state index is 12.6. The highest BCUT2D eigenvalue weighted by atomic mass is 16.5. The predicted molar refractivity (Wildman–Crippen MR) is 97.3 cm³/mol. The molecule has 2 saturated heterocycles. The van der Waals surface area contributed by atoms with E-state index < -0.39 is 0 Å². The van der Waals surface area contributed by atoms with Gasteiger partial charge in [-0.05, 0) is 61.3 Å². The number of ether oxygens (including phenoxy) is 1. The molecule has 0 spiro atoms. The molecular weight excluding hydrogens is 300 g/mol. The summed E-state index contributed by atoms with van der Waals surface area (Å²) in [5, 5.41) is 0. The number of piperidine rings is 1. The van der Waals surface area contributed by atoms with Crippen LogP contribution in [-0.2, 0) is 9.53 Å². The SMILES string of the molecule is CC1C(OC(C)(C)C)N1CC(=O)N1CCCC(C#CC(C)(C)C)C1. The number of hydrogen-bond acceptors (Lipinski definition) is 3. The van der Waals surface area contributed by atoms with Crippen LogP contribution in [0.3, 0.4) is 0 Å². The van der Waals surface area contributed by atoms with Gasteiger partial charge in [0.1, 0.15) is 6.23 Å². The monoisotopic (exact) mass is 334 g/mol. The van der Waals surface area contributed by atoms with Gasteiger partial charge in [-0.15, -0.1) is 0 Å². The van der Waals surface area contributed by atoms with E-state index in [4.69, 9.17) is 4.74 Å². The Hall–Kier alpha value is -1.05. The molecule has 2 heterocycles. The maximum absolute atomic E-state index is 12.6.